The normalized spacial score (nSPS) is 21.9. The second-order valence-corrected chi connectivity index (χ2v) is 6.74. The first kappa shape index (κ1) is 16.1. The van der Waals surface area contributed by atoms with Crippen molar-refractivity contribution in [3.05, 3.63) is 30.4 Å². The highest BCUT2D eigenvalue weighted by Gasteiger charge is 2.37. The summed E-state index contributed by atoms with van der Waals surface area (Å²) in [6.07, 6.45) is 6.68. The number of amides is 2. The zero-order valence-electron chi connectivity index (χ0n) is 14.8. The first-order valence-electron chi connectivity index (χ1n) is 9.04. The van der Waals surface area contributed by atoms with Crippen molar-refractivity contribution in [1.29, 1.82) is 0 Å². The van der Waals surface area contributed by atoms with Gasteiger partial charge in [-0.2, -0.15) is 10.2 Å². The van der Waals surface area contributed by atoms with E-state index in [1.165, 1.54) is 0 Å². The van der Waals surface area contributed by atoms with Crippen LogP contribution in [0.2, 0.25) is 0 Å². The Hall–Kier alpha value is -3.08. The molecule has 5 rings (SSSR count). The minimum atomic E-state index is -0.335. The number of hydrogen-bond donors (Lipinski definition) is 1. The molecular weight excluding hydrogens is 348 g/mol. The van der Waals surface area contributed by atoms with Crippen LogP contribution in [-0.4, -0.2) is 75.0 Å². The van der Waals surface area contributed by atoms with E-state index in [9.17, 15) is 4.79 Å². The Morgan fingerprint density at radius 2 is 2.00 bits per heavy atom. The van der Waals surface area contributed by atoms with Gasteiger partial charge >= 0.3 is 6.03 Å². The fourth-order valence-corrected chi connectivity index (χ4v) is 3.72. The van der Waals surface area contributed by atoms with Crippen LogP contribution in [0.5, 0.6) is 0 Å². The van der Waals surface area contributed by atoms with Gasteiger partial charge in [-0.05, 0) is 0 Å². The Balaban J connectivity index is 1.18. The van der Waals surface area contributed by atoms with Gasteiger partial charge in [-0.15, -0.1) is 0 Å². The molecule has 0 radical (unpaired) electrons. The van der Waals surface area contributed by atoms with Gasteiger partial charge in [-0.1, -0.05) is 5.11 Å². The summed E-state index contributed by atoms with van der Waals surface area (Å²) in [5, 5.41) is 15.5. The quantitative estimate of drug-likeness (QED) is 0.849. The average Bonchev–Trinajstić information content (AvgIpc) is 3.31. The van der Waals surface area contributed by atoms with E-state index in [0.29, 0.717) is 6.67 Å². The fraction of sp³-hybridized carbons (Fsp3) is 0.500. The molecule has 0 spiro atoms. The number of nitrogens with one attached hydrogen (secondary N) is 1. The van der Waals surface area contributed by atoms with Crippen molar-refractivity contribution in [3.63, 3.8) is 0 Å². The van der Waals surface area contributed by atoms with Crippen LogP contribution >= 0.6 is 0 Å². The molecule has 0 saturated carbocycles. The zero-order valence-corrected chi connectivity index (χ0v) is 14.8. The topological polar surface area (TPSA) is 107 Å². The summed E-state index contributed by atoms with van der Waals surface area (Å²) < 4.78 is 1.96. The molecule has 5 heterocycles. The lowest BCUT2D eigenvalue weighted by Crippen LogP contribution is -2.47. The van der Waals surface area contributed by atoms with E-state index in [4.69, 9.17) is 0 Å². The minimum absolute atomic E-state index is 0.299. The van der Waals surface area contributed by atoms with Gasteiger partial charge in [-0.3, -0.25) is 14.8 Å². The van der Waals surface area contributed by atoms with E-state index in [0.717, 1.165) is 56.5 Å². The first-order chi connectivity index (χ1) is 13.3. The van der Waals surface area contributed by atoms with Crippen molar-refractivity contribution < 1.29 is 4.79 Å². The summed E-state index contributed by atoms with van der Waals surface area (Å²) in [6.45, 7) is 5.94. The van der Waals surface area contributed by atoms with Crippen LogP contribution in [0.15, 0.2) is 35.0 Å². The van der Waals surface area contributed by atoms with Crippen LogP contribution in [0.25, 0.3) is 0 Å². The molecule has 1 fully saturated rings. The van der Waals surface area contributed by atoms with Crippen molar-refractivity contribution in [1.82, 2.24) is 29.5 Å². The molecule has 1 atom stereocenters. The van der Waals surface area contributed by atoms with Crippen molar-refractivity contribution in [3.8, 4) is 0 Å². The number of piperazine rings is 1. The molecular formula is C16H20N10O. The Morgan fingerprint density at radius 1 is 1.11 bits per heavy atom. The molecule has 27 heavy (non-hydrogen) atoms. The standard InChI is InChI=1S/C16H20N10O/c27-16-22-21-15-12-9-20-26(14(12)19-11-25(15)16)8-5-23-3-6-24(7-4-23)13-10-17-1-2-18-13/h1-2,9-10,15,19H,3-8,11H2. The largest absolute Gasteiger partial charge is 0.365 e. The number of azo groups is 1. The highest BCUT2D eigenvalue weighted by Crippen LogP contribution is 2.36. The van der Waals surface area contributed by atoms with E-state index in [1.54, 1.807) is 23.5 Å². The molecule has 1 N–H and O–H groups in total. The second-order valence-electron chi connectivity index (χ2n) is 6.74. The van der Waals surface area contributed by atoms with Crippen LogP contribution < -0.4 is 10.2 Å². The van der Waals surface area contributed by atoms with Crippen molar-refractivity contribution >= 4 is 17.7 Å². The van der Waals surface area contributed by atoms with Gasteiger partial charge in [0, 0.05) is 45.1 Å². The molecule has 3 aliphatic rings. The number of hydrogen-bond acceptors (Lipinski definition) is 8. The van der Waals surface area contributed by atoms with Crippen LogP contribution in [-0.2, 0) is 6.54 Å². The molecule has 1 saturated heterocycles. The summed E-state index contributed by atoms with van der Waals surface area (Å²) in [5.41, 5.74) is 0.906. The number of urea groups is 1. The molecule has 2 amide bonds. The number of nitrogens with zero attached hydrogens (tertiary/aromatic N) is 9. The highest BCUT2D eigenvalue weighted by molar-refractivity contribution is 5.78. The summed E-state index contributed by atoms with van der Waals surface area (Å²) in [6, 6.07) is -0.299. The smallest absolute Gasteiger partial charge is 0.353 e. The number of aromatic nitrogens is 4. The van der Waals surface area contributed by atoms with Crippen LogP contribution in [0.1, 0.15) is 11.7 Å². The molecule has 2 aromatic rings. The van der Waals surface area contributed by atoms with Gasteiger partial charge in [-0.25, -0.2) is 14.5 Å². The maximum absolute atomic E-state index is 11.7. The number of rotatable bonds is 4. The maximum Gasteiger partial charge on any atom is 0.365 e. The van der Waals surface area contributed by atoms with Gasteiger partial charge in [0.25, 0.3) is 0 Å². The highest BCUT2D eigenvalue weighted by atomic mass is 16.2. The first-order valence-corrected chi connectivity index (χ1v) is 9.04. The third-order valence-corrected chi connectivity index (χ3v) is 5.23. The lowest BCUT2D eigenvalue weighted by atomic mass is 10.2. The van der Waals surface area contributed by atoms with Crippen molar-refractivity contribution in [2.24, 2.45) is 10.2 Å². The number of fused-ring (bicyclic) bond motifs is 3. The van der Waals surface area contributed by atoms with Gasteiger partial charge in [0.2, 0.25) is 0 Å². The van der Waals surface area contributed by atoms with Gasteiger partial charge in [0.15, 0.2) is 6.17 Å². The molecule has 11 heteroatoms. The Bertz CT molecular complexity index is 857. The van der Waals surface area contributed by atoms with Gasteiger partial charge in [0.1, 0.15) is 11.6 Å². The monoisotopic (exact) mass is 368 g/mol. The summed E-state index contributed by atoms with van der Waals surface area (Å²) in [4.78, 5) is 26.5. The summed E-state index contributed by atoms with van der Waals surface area (Å²) >= 11 is 0. The van der Waals surface area contributed by atoms with E-state index in [-0.39, 0.29) is 12.2 Å². The molecule has 2 aromatic heterocycles. The molecule has 0 aromatic carbocycles. The van der Waals surface area contributed by atoms with Crippen molar-refractivity contribution in [2.75, 3.05) is 49.6 Å². The second kappa shape index (κ2) is 6.58. The Morgan fingerprint density at radius 3 is 2.81 bits per heavy atom. The summed E-state index contributed by atoms with van der Waals surface area (Å²) in [5.74, 6) is 1.87. The van der Waals surface area contributed by atoms with Crippen LogP contribution in [0.4, 0.5) is 16.4 Å². The predicted octanol–water partition coefficient (Wildman–Crippen LogP) is 0.765. The van der Waals surface area contributed by atoms with Gasteiger partial charge in [0.05, 0.1) is 31.2 Å². The minimum Gasteiger partial charge on any atom is -0.353 e. The third kappa shape index (κ3) is 2.89. The number of carbonyl (C=O) groups excluding carboxylic acids is 1. The Labute approximate surface area is 155 Å². The number of anilines is 2. The third-order valence-electron chi connectivity index (χ3n) is 5.23. The number of carbonyl (C=O) groups is 1. The lowest BCUT2D eigenvalue weighted by Gasteiger charge is -2.35. The SMILES string of the molecule is O=C1N=NC2c3cnn(CCN4CCN(c5cnccn5)CC4)c3NCN12. The van der Waals surface area contributed by atoms with Gasteiger partial charge < -0.3 is 10.2 Å². The summed E-state index contributed by atoms with van der Waals surface area (Å²) in [7, 11) is 0. The molecule has 0 bridgehead atoms. The van der Waals surface area contributed by atoms with E-state index in [1.807, 2.05) is 10.9 Å². The predicted molar refractivity (Wildman–Crippen MR) is 96.2 cm³/mol. The van der Waals surface area contributed by atoms with Crippen LogP contribution in [0, 0.1) is 0 Å². The van der Waals surface area contributed by atoms with E-state index >= 15 is 0 Å². The molecule has 3 aliphatic heterocycles. The lowest BCUT2D eigenvalue weighted by molar-refractivity contribution is 0.203. The molecule has 11 nitrogen and oxygen atoms in total. The fourth-order valence-electron chi connectivity index (χ4n) is 3.72. The molecule has 0 aliphatic carbocycles. The van der Waals surface area contributed by atoms with Crippen molar-refractivity contribution in [2.45, 2.75) is 12.7 Å². The average molecular weight is 368 g/mol. The van der Waals surface area contributed by atoms with Crippen LogP contribution in [0.3, 0.4) is 0 Å². The van der Waals surface area contributed by atoms with E-state index < -0.39 is 0 Å². The molecule has 140 valence electrons. The zero-order chi connectivity index (χ0) is 18.2. The van der Waals surface area contributed by atoms with E-state index in [2.05, 4.69) is 40.4 Å². The Kier molecular flexibility index (Phi) is 3.93. The maximum atomic E-state index is 11.7. The molecule has 1 unspecified atom stereocenters.